The van der Waals surface area contributed by atoms with Crippen molar-refractivity contribution < 1.29 is 9.59 Å². The van der Waals surface area contributed by atoms with Gasteiger partial charge >= 0.3 is 0 Å². The zero-order valence-corrected chi connectivity index (χ0v) is 12.1. The van der Waals surface area contributed by atoms with Gasteiger partial charge in [0.25, 0.3) is 0 Å². The molecular formula is C16H13ClN2O2. The van der Waals surface area contributed by atoms with Gasteiger partial charge in [0.15, 0.2) is 0 Å². The number of benzene rings is 2. The van der Waals surface area contributed by atoms with E-state index in [9.17, 15) is 9.59 Å². The lowest BCUT2D eigenvalue weighted by atomic mass is 10.00. The molecule has 1 aliphatic heterocycles. The third-order valence-electron chi connectivity index (χ3n) is 3.54. The van der Waals surface area contributed by atoms with E-state index in [4.69, 9.17) is 11.6 Å². The van der Waals surface area contributed by atoms with Gasteiger partial charge in [0, 0.05) is 23.4 Å². The highest BCUT2D eigenvalue weighted by atomic mass is 35.5. The molecule has 0 aromatic heterocycles. The van der Waals surface area contributed by atoms with Crippen molar-refractivity contribution in [2.75, 3.05) is 17.3 Å². The number of carbonyl (C=O) groups is 2. The van der Waals surface area contributed by atoms with Crippen molar-refractivity contribution in [1.82, 2.24) is 0 Å². The number of carbonyl (C=O) groups excluding carboxylic acids is 2. The van der Waals surface area contributed by atoms with Crippen molar-refractivity contribution >= 4 is 34.8 Å². The van der Waals surface area contributed by atoms with Crippen LogP contribution in [0.3, 0.4) is 0 Å². The minimum atomic E-state index is -0.815. The van der Waals surface area contributed by atoms with Crippen LogP contribution in [0.4, 0.5) is 11.4 Å². The molecule has 0 saturated carbocycles. The smallest absolute Gasteiger partial charge is 0.243 e. The van der Waals surface area contributed by atoms with Gasteiger partial charge < -0.3 is 10.2 Å². The topological polar surface area (TPSA) is 49.4 Å². The minimum absolute atomic E-state index is 0.226. The number of para-hydroxylation sites is 1. The maximum atomic E-state index is 12.4. The summed E-state index contributed by atoms with van der Waals surface area (Å²) in [5.74, 6) is -1.39. The molecule has 2 aromatic carbocycles. The number of fused-ring (bicyclic) bond motifs is 1. The number of rotatable bonds is 2. The second-order valence-electron chi connectivity index (χ2n) is 4.89. The molecule has 0 spiro atoms. The SMILES string of the molecule is CN1C(=O)[C@@H](C(=O)Nc2cccc(Cl)c2)c2ccccc21. The summed E-state index contributed by atoms with van der Waals surface area (Å²) in [6.07, 6.45) is 0. The number of amides is 2. The van der Waals surface area contributed by atoms with Gasteiger partial charge in [0.1, 0.15) is 5.92 Å². The van der Waals surface area contributed by atoms with E-state index in [1.165, 1.54) is 4.90 Å². The first-order valence-electron chi connectivity index (χ1n) is 6.51. The minimum Gasteiger partial charge on any atom is -0.325 e. The van der Waals surface area contributed by atoms with E-state index < -0.39 is 5.92 Å². The lowest BCUT2D eigenvalue weighted by Gasteiger charge is -2.12. The van der Waals surface area contributed by atoms with E-state index in [1.807, 2.05) is 18.2 Å². The molecule has 2 amide bonds. The number of halogens is 1. The van der Waals surface area contributed by atoms with Crippen LogP contribution >= 0.6 is 11.6 Å². The summed E-state index contributed by atoms with van der Waals surface area (Å²) >= 11 is 5.89. The van der Waals surface area contributed by atoms with Crippen LogP contribution in [-0.4, -0.2) is 18.9 Å². The van der Waals surface area contributed by atoms with Crippen LogP contribution in [0.5, 0.6) is 0 Å². The van der Waals surface area contributed by atoms with Crippen LogP contribution < -0.4 is 10.2 Å². The summed E-state index contributed by atoms with van der Waals surface area (Å²) in [6.45, 7) is 0. The Morgan fingerprint density at radius 1 is 1.19 bits per heavy atom. The molecule has 106 valence electrons. The first-order valence-corrected chi connectivity index (χ1v) is 6.88. The van der Waals surface area contributed by atoms with E-state index in [0.717, 1.165) is 11.3 Å². The molecule has 2 aromatic rings. The average molecular weight is 301 g/mol. The standard InChI is InChI=1S/C16H13ClN2O2/c1-19-13-8-3-2-7-12(13)14(16(19)21)15(20)18-11-6-4-5-10(17)9-11/h2-9,14H,1H3,(H,18,20)/t14-/m1/s1. The zero-order valence-electron chi connectivity index (χ0n) is 11.3. The van der Waals surface area contributed by atoms with Gasteiger partial charge in [-0.05, 0) is 29.8 Å². The van der Waals surface area contributed by atoms with Gasteiger partial charge in [-0.2, -0.15) is 0 Å². The van der Waals surface area contributed by atoms with Gasteiger partial charge in [-0.15, -0.1) is 0 Å². The molecule has 3 rings (SSSR count). The van der Waals surface area contributed by atoms with Gasteiger partial charge in [-0.1, -0.05) is 35.9 Å². The number of nitrogens with zero attached hydrogens (tertiary/aromatic N) is 1. The molecule has 4 nitrogen and oxygen atoms in total. The summed E-state index contributed by atoms with van der Waals surface area (Å²) in [5.41, 5.74) is 2.07. The number of hydrogen-bond acceptors (Lipinski definition) is 2. The van der Waals surface area contributed by atoms with Gasteiger partial charge in [-0.25, -0.2) is 0 Å². The second kappa shape index (κ2) is 5.22. The average Bonchev–Trinajstić information content (AvgIpc) is 2.71. The normalized spacial score (nSPS) is 16.8. The number of likely N-dealkylation sites (N-methyl/N-ethyl adjacent to an activating group) is 1. The fourth-order valence-corrected chi connectivity index (χ4v) is 2.71. The number of hydrogen-bond donors (Lipinski definition) is 1. The molecule has 0 saturated heterocycles. The Balaban J connectivity index is 1.90. The predicted octanol–water partition coefficient (Wildman–Crippen LogP) is 3.04. The van der Waals surface area contributed by atoms with Gasteiger partial charge in [0.05, 0.1) is 0 Å². The third-order valence-corrected chi connectivity index (χ3v) is 3.78. The Hall–Kier alpha value is -2.33. The molecule has 0 bridgehead atoms. The number of nitrogens with one attached hydrogen (secondary N) is 1. The summed E-state index contributed by atoms with van der Waals surface area (Å²) in [6, 6.07) is 14.2. The first-order chi connectivity index (χ1) is 10.1. The van der Waals surface area contributed by atoms with E-state index in [1.54, 1.807) is 37.4 Å². The van der Waals surface area contributed by atoms with E-state index in [0.29, 0.717) is 10.7 Å². The lowest BCUT2D eigenvalue weighted by Crippen LogP contribution is -2.31. The van der Waals surface area contributed by atoms with Gasteiger partial charge in [-0.3, -0.25) is 9.59 Å². The molecule has 5 heteroatoms. The maximum absolute atomic E-state index is 12.4. The van der Waals surface area contributed by atoms with Crippen molar-refractivity contribution in [2.24, 2.45) is 0 Å². The van der Waals surface area contributed by atoms with E-state index in [-0.39, 0.29) is 11.8 Å². The second-order valence-corrected chi connectivity index (χ2v) is 5.33. The molecule has 1 heterocycles. The molecule has 1 N–H and O–H groups in total. The third kappa shape index (κ3) is 2.38. The van der Waals surface area contributed by atoms with Crippen LogP contribution in [0, 0.1) is 0 Å². The Bertz CT molecular complexity index is 730. The number of anilines is 2. The lowest BCUT2D eigenvalue weighted by molar-refractivity contribution is -0.126. The largest absolute Gasteiger partial charge is 0.325 e. The van der Waals surface area contributed by atoms with E-state index >= 15 is 0 Å². The molecule has 0 fully saturated rings. The summed E-state index contributed by atoms with van der Waals surface area (Å²) in [5, 5.41) is 3.28. The Morgan fingerprint density at radius 2 is 1.95 bits per heavy atom. The molecule has 1 aliphatic rings. The Morgan fingerprint density at radius 3 is 2.71 bits per heavy atom. The highest BCUT2D eigenvalue weighted by Crippen LogP contribution is 2.36. The summed E-state index contributed by atoms with van der Waals surface area (Å²) in [7, 11) is 1.67. The van der Waals surface area contributed by atoms with Crippen LogP contribution in [-0.2, 0) is 9.59 Å². The zero-order chi connectivity index (χ0) is 15.0. The van der Waals surface area contributed by atoms with Crippen LogP contribution in [0.15, 0.2) is 48.5 Å². The fraction of sp³-hybridized carbons (Fsp3) is 0.125. The van der Waals surface area contributed by atoms with E-state index in [2.05, 4.69) is 5.32 Å². The van der Waals surface area contributed by atoms with Crippen molar-refractivity contribution in [2.45, 2.75) is 5.92 Å². The molecule has 0 radical (unpaired) electrons. The summed E-state index contributed by atoms with van der Waals surface area (Å²) < 4.78 is 0. The molecule has 1 atom stereocenters. The highest BCUT2D eigenvalue weighted by molar-refractivity contribution is 6.31. The molecule has 0 aliphatic carbocycles. The maximum Gasteiger partial charge on any atom is 0.243 e. The monoisotopic (exact) mass is 300 g/mol. The van der Waals surface area contributed by atoms with Crippen molar-refractivity contribution in [3.8, 4) is 0 Å². The van der Waals surface area contributed by atoms with Crippen molar-refractivity contribution in [3.05, 3.63) is 59.1 Å². The fourth-order valence-electron chi connectivity index (χ4n) is 2.52. The summed E-state index contributed by atoms with van der Waals surface area (Å²) in [4.78, 5) is 26.3. The highest BCUT2D eigenvalue weighted by Gasteiger charge is 2.39. The molecular weight excluding hydrogens is 288 g/mol. The Labute approximate surface area is 127 Å². The van der Waals surface area contributed by atoms with Crippen molar-refractivity contribution in [1.29, 1.82) is 0 Å². The first kappa shape index (κ1) is 13.6. The predicted molar refractivity (Wildman–Crippen MR) is 82.7 cm³/mol. The van der Waals surface area contributed by atoms with Crippen LogP contribution in [0.25, 0.3) is 0 Å². The Kier molecular flexibility index (Phi) is 3.39. The molecule has 0 unspecified atom stereocenters. The van der Waals surface area contributed by atoms with Crippen LogP contribution in [0.2, 0.25) is 5.02 Å². The van der Waals surface area contributed by atoms with Crippen LogP contribution in [0.1, 0.15) is 11.5 Å². The molecule has 21 heavy (non-hydrogen) atoms. The quantitative estimate of drug-likeness (QED) is 0.867. The van der Waals surface area contributed by atoms with Crippen molar-refractivity contribution in [3.63, 3.8) is 0 Å². The van der Waals surface area contributed by atoms with Gasteiger partial charge in [0.2, 0.25) is 11.8 Å².